The number of hydrazone groups is 1. The van der Waals surface area contributed by atoms with E-state index in [9.17, 15) is 9.59 Å². The van der Waals surface area contributed by atoms with Crippen molar-refractivity contribution >= 4 is 34.2 Å². The number of fused-ring (bicyclic) bond motifs is 1. The van der Waals surface area contributed by atoms with Crippen molar-refractivity contribution in [2.24, 2.45) is 10.8 Å². The summed E-state index contributed by atoms with van der Waals surface area (Å²) in [5.74, 6) is -0.189. The number of para-hydroxylation sites is 1. The van der Waals surface area contributed by atoms with Crippen molar-refractivity contribution in [1.82, 2.24) is 10.4 Å². The van der Waals surface area contributed by atoms with E-state index in [4.69, 9.17) is 5.73 Å². The van der Waals surface area contributed by atoms with Gasteiger partial charge in [0.2, 0.25) is 0 Å². The van der Waals surface area contributed by atoms with E-state index in [1.165, 1.54) is 0 Å². The second-order valence-corrected chi connectivity index (χ2v) is 5.45. The van der Waals surface area contributed by atoms with E-state index in [-0.39, 0.29) is 5.91 Å². The van der Waals surface area contributed by atoms with Crippen LogP contribution in [-0.2, 0) is 0 Å². The quantitative estimate of drug-likeness (QED) is 0.434. The van der Waals surface area contributed by atoms with Gasteiger partial charge in [0, 0.05) is 22.8 Å². The Hall–Kier alpha value is -3.61. The van der Waals surface area contributed by atoms with Gasteiger partial charge in [-0.25, -0.2) is 10.2 Å². The fourth-order valence-corrected chi connectivity index (χ4v) is 2.46. The van der Waals surface area contributed by atoms with E-state index < -0.39 is 6.03 Å². The number of nitrogens with zero attached hydrogens (tertiary/aromatic N) is 1. The number of aromatic nitrogens is 1. The Morgan fingerprint density at radius 3 is 2.52 bits per heavy atom. The highest BCUT2D eigenvalue weighted by Crippen LogP contribution is 2.19. The molecule has 0 aliphatic rings. The van der Waals surface area contributed by atoms with Gasteiger partial charge in [0.05, 0.1) is 11.3 Å². The van der Waals surface area contributed by atoms with Gasteiger partial charge in [-0.15, -0.1) is 0 Å². The molecule has 0 radical (unpaired) electrons. The Morgan fingerprint density at radius 2 is 1.80 bits per heavy atom. The number of hydrogen-bond acceptors (Lipinski definition) is 3. The Morgan fingerprint density at radius 1 is 1.08 bits per heavy atom. The van der Waals surface area contributed by atoms with E-state index >= 15 is 0 Å². The van der Waals surface area contributed by atoms with Gasteiger partial charge >= 0.3 is 6.03 Å². The third-order valence-corrected chi connectivity index (χ3v) is 3.73. The third kappa shape index (κ3) is 3.66. The normalized spacial score (nSPS) is 11.3. The van der Waals surface area contributed by atoms with Crippen LogP contribution in [0.15, 0.2) is 59.8 Å². The number of primary amides is 1. The lowest BCUT2D eigenvalue weighted by molar-refractivity contribution is 0.102. The summed E-state index contributed by atoms with van der Waals surface area (Å²) in [6.45, 7) is 1.75. The predicted molar refractivity (Wildman–Crippen MR) is 97.6 cm³/mol. The van der Waals surface area contributed by atoms with Crippen molar-refractivity contribution in [2.45, 2.75) is 6.92 Å². The van der Waals surface area contributed by atoms with Crippen molar-refractivity contribution in [1.29, 1.82) is 0 Å². The standard InChI is InChI=1S/C18H17N5O2/c1-11(22-23-18(19)25)12-6-8-13(9-7-12)21-17(24)15-10-20-16-5-3-2-4-14(15)16/h2-10,20H,1H3,(H,21,24)(H3,19,23,25)/b22-11+. The highest BCUT2D eigenvalue weighted by molar-refractivity contribution is 6.12. The lowest BCUT2D eigenvalue weighted by Crippen LogP contribution is -2.25. The molecule has 1 heterocycles. The molecular weight excluding hydrogens is 318 g/mol. The Bertz CT molecular complexity index is 957. The summed E-state index contributed by atoms with van der Waals surface area (Å²) in [7, 11) is 0. The van der Waals surface area contributed by atoms with E-state index in [0.717, 1.165) is 16.5 Å². The fraction of sp³-hybridized carbons (Fsp3) is 0.0556. The number of urea groups is 1. The zero-order chi connectivity index (χ0) is 17.8. The van der Waals surface area contributed by atoms with E-state index in [1.807, 2.05) is 24.3 Å². The first kappa shape index (κ1) is 16.3. The Labute approximate surface area is 143 Å². The molecule has 126 valence electrons. The maximum Gasteiger partial charge on any atom is 0.332 e. The number of benzene rings is 2. The molecule has 25 heavy (non-hydrogen) atoms. The lowest BCUT2D eigenvalue weighted by atomic mass is 10.1. The average Bonchev–Trinajstić information content (AvgIpc) is 3.04. The first-order valence-electron chi connectivity index (χ1n) is 7.62. The van der Waals surface area contributed by atoms with Gasteiger partial charge in [-0.05, 0) is 30.7 Å². The minimum absolute atomic E-state index is 0.189. The van der Waals surface area contributed by atoms with Crippen LogP contribution in [0, 0.1) is 0 Å². The van der Waals surface area contributed by atoms with Crippen LogP contribution < -0.4 is 16.5 Å². The van der Waals surface area contributed by atoms with E-state index in [1.54, 1.807) is 37.4 Å². The number of anilines is 1. The second kappa shape index (κ2) is 6.88. The van der Waals surface area contributed by atoms with Crippen LogP contribution in [0.2, 0.25) is 0 Å². The van der Waals surface area contributed by atoms with Gasteiger partial charge in [-0.2, -0.15) is 5.10 Å². The number of hydrogen-bond donors (Lipinski definition) is 4. The summed E-state index contributed by atoms with van der Waals surface area (Å²) in [5, 5.41) is 7.60. The van der Waals surface area contributed by atoms with E-state index in [2.05, 4.69) is 20.8 Å². The average molecular weight is 335 g/mol. The number of H-pyrrole nitrogens is 1. The van der Waals surface area contributed by atoms with Gasteiger partial charge < -0.3 is 16.0 Å². The first-order chi connectivity index (χ1) is 12.0. The van der Waals surface area contributed by atoms with Crippen molar-refractivity contribution in [2.75, 3.05) is 5.32 Å². The molecule has 3 amide bonds. The maximum absolute atomic E-state index is 12.5. The van der Waals surface area contributed by atoms with Crippen molar-refractivity contribution in [3.8, 4) is 0 Å². The minimum Gasteiger partial charge on any atom is -0.360 e. The number of nitrogens with one attached hydrogen (secondary N) is 3. The van der Waals surface area contributed by atoms with Crippen LogP contribution in [-0.4, -0.2) is 22.6 Å². The zero-order valence-electron chi connectivity index (χ0n) is 13.5. The van der Waals surface area contributed by atoms with Gasteiger partial charge in [0.25, 0.3) is 5.91 Å². The zero-order valence-corrected chi connectivity index (χ0v) is 13.5. The van der Waals surface area contributed by atoms with E-state index in [0.29, 0.717) is 17.0 Å². The van der Waals surface area contributed by atoms with Crippen molar-refractivity contribution < 1.29 is 9.59 Å². The summed E-state index contributed by atoms with van der Waals surface area (Å²) in [4.78, 5) is 26.2. The molecule has 0 aliphatic heterocycles. The Balaban J connectivity index is 1.74. The highest BCUT2D eigenvalue weighted by atomic mass is 16.2. The molecular formula is C18H17N5O2. The summed E-state index contributed by atoms with van der Waals surface area (Å²) in [6, 6.07) is 14.0. The smallest absolute Gasteiger partial charge is 0.332 e. The largest absolute Gasteiger partial charge is 0.360 e. The van der Waals surface area contributed by atoms with Crippen LogP contribution in [0.1, 0.15) is 22.8 Å². The molecule has 0 bridgehead atoms. The molecule has 0 aliphatic carbocycles. The van der Waals surface area contributed by atoms with Gasteiger partial charge in [0.15, 0.2) is 0 Å². The fourth-order valence-electron chi connectivity index (χ4n) is 2.46. The molecule has 0 fully saturated rings. The SMILES string of the molecule is C/C(=N\NC(N)=O)c1ccc(NC(=O)c2c[nH]c3ccccc23)cc1. The van der Waals surface area contributed by atoms with Crippen LogP contribution in [0.5, 0.6) is 0 Å². The molecule has 2 aromatic carbocycles. The van der Waals surface area contributed by atoms with Gasteiger partial charge in [-0.1, -0.05) is 30.3 Å². The monoisotopic (exact) mass is 335 g/mol. The molecule has 0 atom stereocenters. The number of rotatable bonds is 4. The summed E-state index contributed by atoms with van der Waals surface area (Å²) in [6.07, 6.45) is 1.70. The highest BCUT2D eigenvalue weighted by Gasteiger charge is 2.11. The van der Waals surface area contributed by atoms with Crippen molar-refractivity contribution in [3.05, 3.63) is 65.9 Å². The number of amides is 3. The molecule has 7 nitrogen and oxygen atoms in total. The number of nitrogens with two attached hydrogens (primary N) is 1. The van der Waals surface area contributed by atoms with Gasteiger partial charge in [0.1, 0.15) is 0 Å². The second-order valence-electron chi connectivity index (χ2n) is 5.45. The van der Waals surface area contributed by atoms with Crippen molar-refractivity contribution in [3.63, 3.8) is 0 Å². The molecule has 7 heteroatoms. The molecule has 0 saturated heterocycles. The summed E-state index contributed by atoms with van der Waals surface area (Å²) < 4.78 is 0. The molecule has 3 rings (SSSR count). The van der Waals surface area contributed by atoms with Crippen LogP contribution in [0.4, 0.5) is 10.5 Å². The molecule has 5 N–H and O–H groups in total. The lowest BCUT2D eigenvalue weighted by Gasteiger charge is -2.06. The topological polar surface area (TPSA) is 112 Å². The summed E-state index contributed by atoms with van der Waals surface area (Å²) in [5.41, 5.74) is 10.7. The molecule has 3 aromatic rings. The van der Waals surface area contributed by atoms with Crippen LogP contribution in [0.3, 0.4) is 0 Å². The van der Waals surface area contributed by atoms with Crippen LogP contribution >= 0.6 is 0 Å². The molecule has 0 spiro atoms. The number of aromatic amines is 1. The molecule has 0 saturated carbocycles. The summed E-state index contributed by atoms with van der Waals surface area (Å²) >= 11 is 0. The molecule has 0 unspecified atom stereocenters. The minimum atomic E-state index is -0.720. The maximum atomic E-state index is 12.5. The number of carbonyl (C=O) groups is 2. The predicted octanol–water partition coefficient (Wildman–Crippen LogP) is 2.81. The number of carbonyl (C=O) groups excluding carboxylic acids is 2. The van der Waals surface area contributed by atoms with Gasteiger partial charge in [-0.3, -0.25) is 4.79 Å². The third-order valence-electron chi connectivity index (χ3n) is 3.73. The Kier molecular flexibility index (Phi) is 4.47. The first-order valence-corrected chi connectivity index (χ1v) is 7.62. The molecule has 1 aromatic heterocycles. The van der Waals surface area contributed by atoms with Crippen LogP contribution in [0.25, 0.3) is 10.9 Å².